The second kappa shape index (κ2) is 6.64. The first-order chi connectivity index (χ1) is 11.1. The van der Waals surface area contributed by atoms with Gasteiger partial charge < -0.3 is 19.6 Å². The van der Waals surface area contributed by atoms with Gasteiger partial charge in [0.05, 0.1) is 12.8 Å². The van der Waals surface area contributed by atoms with E-state index in [-0.39, 0.29) is 5.41 Å². The van der Waals surface area contributed by atoms with E-state index < -0.39 is 0 Å². The number of benzene rings is 1. The average molecular weight is 316 g/mol. The molecule has 124 valence electrons. The fourth-order valence-electron chi connectivity index (χ4n) is 2.76. The van der Waals surface area contributed by atoms with Gasteiger partial charge in [0.1, 0.15) is 5.76 Å². The van der Waals surface area contributed by atoms with E-state index in [0.29, 0.717) is 13.3 Å². The SMILES string of the molecule is CC(C)(CN)CN(Cc1ccc2c(c1)OCO2)Cc1ccco1. The number of hydrogen-bond acceptors (Lipinski definition) is 5. The van der Waals surface area contributed by atoms with Crippen LogP contribution in [-0.4, -0.2) is 24.8 Å². The summed E-state index contributed by atoms with van der Waals surface area (Å²) in [5.74, 6) is 2.59. The lowest BCUT2D eigenvalue weighted by Crippen LogP contribution is -2.38. The Bertz CT molecular complexity index is 638. The van der Waals surface area contributed by atoms with Gasteiger partial charge in [-0.15, -0.1) is 0 Å². The molecule has 0 aliphatic carbocycles. The minimum absolute atomic E-state index is 0.0446. The van der Waals surface area contributed by atoms with Crippen molar-refractivity contribution in [1.82, 2.24) is 4.90 Å². The molecule has 3 rings (SSSR count). The lowest BCUT2D eigenvalue weighted by Gasteiger charge is -2.31. The van der Waals surface area contributed by atoms with Crippen LogP contribution >= 0.6 is 0 Å². The van der Waals surface area contributed by atoms with E-state index in [0.717, 1.165) is 36.9 Å². The molecule has 0 amide bonds. The third-order valence-electron chi connectivity index (χ3n) is 4.01. The molecule has 1 aromatic carbocycles. The number of fused-ring (bicyclic) bond motifs is 1. The van der Waals surface area contributed by atoms with Gasteiger partial charge in [-0.25, -0.2) is 0 Å². The van der Waals surface area contributed by atoms with Crippen LogP contribution in [0, 0.1) is 5.41 Å². The molecule has 1 aliphatic rings. The van der Waals surface area contributed by atoms with E-state index in [2.05, 4.69) is 24.8 Å². The second-order valence-electron chi connectivity index (χ2n) is 6.78. The van der Waals surface area contributed by atoms with Crippen molar-refractivity contribution >= 4 is 0 Å². The summed E-state index contributed by atoms with van der Waals surface area (Å²) in [6, 6.07) is 10.0. The number of ether oxygens (including phenoxy) is 2. The van der Waals surface area contributed by atoms with Crippen molar-refractivity contribution in [3.05, 3.63) is 47.9 Å². The molecule has 1 aromatic heterocycles. The topological polar surface area (TPSA) is 60.9 Å². The third-order valence-corrected chi connectivity index (χ3v) is 4.01. The summed E-state index contributed by atoms with van der Waals surface area (Å²) in [4.78, 5) is 2.35. The van der Waals surface area contributed by atoms with Crippen molar-refractivity contribution in [1.29, 1.82) is 0 Å². The largest absolute Gasteiger partial charge is 0.468 e. The van der Waals surface area contributed by atoms with Crippen molar-refractivity contribution in [2.45, 2.75) is 26.9 Å². The molecular weight excluding hydrogens is 292 g/mol. The molecule has 0 atom stereocenters. The van der Waals surface area contributed by atoms with E-state index >= 15 is 0 Å². The number of rotatable bonds is 7. The minimum atomic E-state index is 0.0446. The predicted molar refractivity (Wildman–Crippen MR) is 88.2 cm³/mol. The summed E-state index contributed by atoms with van der Waals surface area (Å²) in [6.07, 6.45) is 1.71. The Balaban J connectivity index is 1.74. The number of hydrogen-bond donors (Lipinski definition) is 1. The van der Waals surface area contributed by atoms with Crippen molar-refractivity contribution in [2.24, 2.45) is 11.1 Å². The quantitative estimate of drug-likeness (QED) is 0.851. The molecule has 2 heterocycles. The minimum Gasteiger partial charge on any atom is -0.468 e. The Morgan fingerprint density at radius 1 is 1.13 bits per heavy atom. The predicted octanol–water partition coefficient (Wildman–Crippen LogP) is 3.00. The Morgan fingerprint density at radius 2 is 1.96 bits per heavy atom. The molecule has 0 spiro atoms. The van der Waals surface area contributed by atoms with Crippen molar-refractivity contribution < 1.29 is 13.9 Å². The monoisotopic (exact) mass is 316 g/mol. The first-order valence-corrected chi connectivity index (χ1v) is 7.89. The maximum absolute atomic E-state index is 5.91. The number of nitrogens with zero attached hydrogens (tertiary/aromatic N) is 1. The smallest absolute Gasteiger partial charge is 0.231 e. The summed E-state index contributed by atoms with van der Waals surface area (Å²) >= 11 is 0. The summed E-state index contributed by atoms with van der Waals surface area (Å²) < 4.78 is 16.3. The molecule has 1 aliphatic heterocycles. The van der Waals surface area contributed by atoms with E-state index in [1.165, 1.54) is 5.56 Å². The van der Waals surface area contributed by atoms with Crippen LogP contribution in [-0.2, 0) is 13.1 Å². The maximum Gasteiger partial charge on any atom is 0.231 e. The highest BCUT2D eigenvalue weighted by molar-refractivity contribution is 5.44. The van der Waals surface area contributed by atoms with E-state index in [9.17, 15) is 0 Å². The molecular formula is C18H24N2O3. The van der Waals surface area contributed by atoms with Gasteiger partial charge in [-0.2, -0.15) is 0 Å². The molecule has 0 saturated heterocycles. The molecule has 0 unspecified atom stereocenters. The van der Waals surface area contributed by atoms with Gasteiger partial charge in [0, 0.05) is 13.1 Å². The van der Waals surface area contributed by atoms with Crippen molar-refractivity contribution in [2.75, 3.05) is 19.9 Å². The average Bonchev–Trinajstić information content (AvgIpc) is 3.17. The zero-order chi connectivity index (χ0) is 16.3. The molecule has 5 nitrogen and oxygen atoms in total. The summed E-state index contributed by atoms with van der Waals surface area (Å²) in [5, 5.41) is 0. The van der Waals surface area contributed by atoms with Crippen LogP contribution in [0.5, 0.6) is 11.5 Å². The summed E-state index contributed by atoms with van der Waals surface area (Å²) in [6.45, 7) is 7.76. The van der Waals surface area contributed by atoms with Gasteiger partial charge in [0.25, 0.3) is 0 Å². The lowest BCUT2D eigenvalue weighted by atomic mass is 9.93. The molecule has 2 aromatic rings. The Morgan fingerprint density at radius 3 is 2.70 bits per heavy atom. The normalized spacial score (nSPS) is 13.7. The van der Waals surface area contributed by atoms with Crippen LogP contribution in [0.4, 0.5) is 0 Å². The summed E-state index contributed by atoms with van der Waals surface area (Å²) in [7, 11) is 0. The first-order valence-electron chi connectivity index (χ1n) is 7.89. The highest BCUT2D eigenvalue weighted by atomic mass is 16.7. The lowest BCUT2D eigenvalue weighted by molar-refractivity contribution is 0.158. The van der Waals surface area contributed by atoms with Crippen LogP contribution in [0.25, 0.3) is 0 Å². The maximum atomic E-state index is 5.91. The molecule has 0 radical (unpaired) electrons. The van der Waals surface area contributed by atoms with Gasteiger partial charge in [0.2, 0.25) is 6.79 Å². The Hall–Kier alpha value is -1.98. The van der Waals surface area contributed by atoms with Gasteiger partial charge in [-0.1, -0.05) is 19.9 Å². The fourth-order valence-corrected chi connectivity index (χ4v) is 2.76. The molecule has 23 heavy (non-hydrogen) atoms. The second-order valence-corrected chi connectivity index (χ2v) is 6.78. The van der Waals surface area contributed by atoms with Crippen LogP contribution in [0.2, 0.25) is 0 Å². The molecule has 0 bridgehead atoms. The van der Waals surface area contributed by atoms with Crippen LogP contribution in [0.3, 0.4) is 0 Å². The van der Waals surface area contributed by atoms with Crippen LogP contribution in [0.1, 0.15) is 25.2 Å². The van der Waals surface area contributed by atoms with Gasteiger partial charge in [-0.3, -0.25) is 4.90 Å². The third kappa shape index (κ3) is 4.06. The standard InChI is InChI=1S/C18H24N2O3/c1-18(2,11-19)12-20(10-15-4-3-7-21-15)9-14-5-6-16-17(8-14)23-13-22-16/h3-8H,9-13,19H2,1-2H3. The fraction of sp³-hybridized carbons (Fsp3) is 0.444. The van der Waals surface area contributed by atoms with Gasteiger partial charge >= 0.3 is 0 Å². The van der Waals surface area contributed by atoms with E-state index in [4.69, 9.17) is 19.6 Å². The molecule has 5 heteroatoms. The van der Waals surface area contributed by atoms with Gasteiger partial charge in [-0.05, 0) is 41.8 Å². The first kappa shape index (κ1) is 15.9. The molecule has 0 saturated carbocycles. The zero-order valence-electron chi connectivity index (χ0n) is 13.7. The van der Waals surface area contributed by atoms with Crippen LogP contribution < -0.4 is 15.2 Å². The molecule has 0 fully saturated rings. The van der Waals surface area contributed by atoms with Crippen LogP contribution in [0.15, 0.2) is 41.0 Å². The number of furan rings is 1. The van der Waals surface area contributed by atoms with Crippen molar-refractivity contribution in [3.63, 3.8) is 0 Å². The highest BCUT2D eigenvalue weighted by Crippen LogP contribution is 2.33. The van der Waals surface area contributed by atoms with Crippen molar-refractivity contribution in [3.8, 4) is 11.5 Å². The highest BCUT2D eigenvalue weighted by Gasteiger charge is 2.22. The molecule has 2 N–H and O–H groups in total. The van der Waals surface area contributed by atoms with Gasteiger partial charge in [0.15, 0.2) is 11.5 Å². The summed E-state index contributed by atoms with van der Waals surface area (Å²) in [5.41, 5.74) is 7.14. The Labute approximate surface area is 137 Å². The Kier molecular flexibility index (Phi) is 4.59. The van der Waals surface area contributed by atoms with E-state index in [1.54, 1.807) is 6.26 Å². The number of nitrogens with two attached hydrogens (primary N) is 1. The zero-order valence-corrected chi connectivity index (χ0v) is 13.7. The van der Waals surface area contributed by atoms with E-state index in [1.807, 2.05) is 24.3 Å².